The number of nitrogens with one attached hydrogen (secondary N) is 2. The molecule has 0 atom stereocenters. The van der Waals surface area contributed by atoms with E-state index in [0.29, 0.717) is 21.3 Å². The highest BCUT2D eigenvalue weighted by Gasteiger charge is 2.08. The van der Waals surface area contributed by atoms with Crippen LogP contribution in [-0.4, -0.2) is 5.91 Å². The van der Waals surface area contributed by atoms with Crippen LogP contribution in [0.4, 0.5) is 15.8 Å². The van der Waals surface area contributed by atoms with Crippen molar-refractivity contribution >= 4 is 40.5 Å². The number of amides is 1. The van der Waals surface area contributed by atoms with Crippen molar-refractivity contribution in [3.63, 3.8) is 0 Å². The molecular formula is C15H13Cl2FN2O. The third kappa shape index (κ3) is 4.09. The summed E-state index contributed by atoms with van der Waals surface area (Å²) in [6.45, 7) is 1.67. The number of carbonyl (C=O) groups is 1. The summed E-state index contributed by atoms with van der Waals surface area (Å²) in [6.07, 6.45) is 0. The number of benzene rings is 2. The average Bonchev–Trinajstić information content (AvgIpc) is 2.41. The molecule has 3 nitrogen and oxygen atoms in total. The zero-order valence-electron chi connectivity index (χ0n) is 11.2. The van der Waals surface area contributed by atoms with Crippen molar-refractivity contribution in [3.05, 3.63) is 57.8 Å². The summed E-state index contributed by atoms with van der Waals surface area (Å²) < 4.78 is 13.8. The first-order chi connectivity index (χ1) is 9.97. The zero-order chi connectivity index (χ0) is 15.4. The molecule has 0 aromatic heterocycles. The predicted octanol–water partition coefficient (Wildman–Crippen LogP) is 4.70. The van der Waals surface area contributed by atoms with E-state index in [1.807, 2.05) is 0 Å². The fourth-order valence-electron chi connectivity index (χ4n) is 1.83. The molecule has 0 spiro atoms. The Labute approximate surface area is 132 Å². The number of anilines is 2. The van der Waals surface area contributed by atoms with Crippen molar-refractivity contribution in [2.75, 3.05) is 10.6 Å². The normalized spacial score (nSPS) is 10.3. The average molecular weight is 327 g/mol. The van der Waals surface area contributed by atoms with Gasteiger partial charge in [-0.25, -0.2) is 4.39 Å². The molecule has 21 heavy (non-hydrogen) atoms. The Hall–Kier alpha value is -1.78. The molecule has 0 aliphatic carbocycles. The Balaban J connectivity index is 2.18. The molecule has 0 radical (unpaired) electrons. The fourth-order valence-corrected chi connectivity index (χ4v) is 2.36. The minimum atomic E-state index is -0.424. The van der Waals surface area contributed by atoms with Gasteiger partial charge in [-0.15, -0.1) is 0 Å². The Bertz CT molecular complexity index is 656. The first kappa shape index (κ1) is 15.6. The van der Waals surface area contributed by atoms with Gasteiger partial charge in [0.05, 0.1) is 5.69 Å². The van der Waals surface area contributed by atoms with E-state index >= 15 is 0 Å². The van der Waals surface area contributed by atoms with Crippen molar-refractivity contribution in [3.8, 4) is 0 Å². The molecule has 0 aliphatic rings. The van der Waals surface area contributed by atoms with Crippen LogP contribution in [0.25, 0.3) is 0 Å². The minimum absolute atomic E-state index is 0.221. The first-order valence-electron chi connectivity index (χ1n) is 6.21. The van der Waals surface area contributed by atoms with E-state index in [9.17, 15) is 9.18 Å². The minimum Gasteiger partial charge on any atom is -0.378 e. The second kappa shape index (κ2) is 6.78. The molecule has 0 fully saturated rings. The van der Waals surface area contributed by atoms with E-state index in [-0.39, 0.29) is 18.1 Å². The van der Waals surface area contributed by atoms with Gasteiger partial charge >= 0.3 is 0 Å². The van der Waals surface area contributed by atoms with E-state index in [1.54, 1.807) is 18.2 Å². The number of carbonyl (C=O) groups excluding carboxylic acids is 1. The molecule has 2 N–H and O–H groups in total. The highest BCUT2D eigenvalue weighted by atomic mass is 35.5. The van der Waals surface area contributed by atoms with Crippen molar-refractivity contribution in [2.24, 2.45) is 0 Å². The van der Waals surface area contributed by atoms with Gasteiger partial charge in [0.25, 0.3) is 0 Å². The lowest BCUT2D eigenvalue weighted by atomic mass is 10.2. The summed E-state index contributed by atoms with van der Waals surface area (Å²) >= 11 is 12.1. The molecule has 0 heterocycles. The molecule has 0 saturated heterocycles. The molecule has 0 bridgehead atoms. The molecular weight excluding hydrogens is 314 g/mol. The second-order valence-electron chi connectivity index (χ2n) is 4.43. The van der Waals surface area contributed by atoms with Gasteiger partial charge in [0, 0.05) is 34.8 Å². The van der Waals surface area contributed by atoms with E-state index in [1.165, 1.54) is 25.1 Å². The van der Waals surface area contributed by atoms with Crippen molar-refractivity contribution in [1.82, 2.24) is 0 Å². The number of hydrogen-bond acceptors (Lipinski definition) is 2. The van der Waals surface area contributed by atoms with Crippen LogP contribution in [-0.2, 0) is 11.3 Å². The van der Waals surface area contributed by atoms with Crippen LogP contribution in [0.3, 0.4) is 0 Å². The predicted molar refractivity (Wildman–Crippen MR) is 84.5 cm³/mol. The van der Waals surface area contributed by atoms with Crippen molar-refractivity contribution in [1.29, 1.82) is 0 Å². The van der Waals surface area contributed by atoms with Crippen LogP contribution < -0.4 is 10.6 Å². The van der Waals surface area contributed by atoms with E-state index in [2.05, 4.69) is 10.6 Å². The van der Waals surface area contributed by atoms with Gasteiger partial charge < -0.3 is 10.6 Å². The SMILES string of the molecule is CC(=O)Nc1ccc(F)c(NCc2c(Cl)cccc2Cl)c1. The smallest absolute Gasteiger partial charge is 0.221 e. The summed E-state index contributed by atoms with van der Waals surface area (Å²) in [6, 6.07) is 9.46. The number of hydrogen-bond donors (Lipinski definition) is 2. The lowest BCUT2D eigenvalue weighted by molar-refractivity contribution is -0.114. The van der Waals surface area contributed by atoms with Gasteiger partial charge in [-0.05, 0) is 30.3 Å². The van der Waals surface area contributed by atoms with Crippen molar-refractivity contribution in [2.45, 2.75) is 13.5 Å². The maximum Gasteiger partial charge on any atom is 0.221 e. The monoisotopic (exact) mass is 326 g/mol. The third-order valence-corrected chi connectivity index (χ3v) is 3.51. The van der Waals surface area contributed by atoms with Crippen LogP contribution in [0, 0.1) is 5.82 Å². The zero-order valence-corrected chi connectivity index (χ0v) is 12.7. The molecule has 0 unspecified atom stereocenters. The summed E-state index contributed by atoms with van der Waals surface area (Å²) in [5, 5.41) is 6.54. The summed E-state index contributed by atoms with van der Waals surface area (Å²) in [4.78, 5) is 11.0. The third-order valence-electron chi connectivity index (χ3n) is 2.80. The standard InChI is InChI=1S/C15H13Cl2FN2O/c1-9(21)20-10-5-6-14(18)15(7-10)19-8-11-12(16)3-2-4-13(11)17/h2-7,19H,8H2,1H3,(H,20,21). The quantitative estimate of drug-likeness (QED) is 0.854. The number of rotatable bonds is 4. The molecule has 6 heteroatoms. The van der Waals surface area contributed by atoms with Gasteiger partial charge in [-0.1, -0.05) is 29.3 Å². The van der Waals surface area contributed by atoms with Crippen LogP contribution in [0.5, 0.6) is 0 Å². The summed E-state index contributed by atoms with van der Waals surface area (Å²) in [5.74, 6) is -0.644. The van der Waals surface area contributed by atoms with Gasteiger partial charge in [-0.3, -0.25) is 4.79 Å². The molecule has 2 aromatic carbocycles. The van der Waals surface area contributed by atoms with Gasteiger partial charge in [-0.2, -0.15) is 0 Å². The largest absolute Gasteiger partial charge is 0.378 e. The number of halogens is 3. The van der Waals surface area contributed by atoms with Crippen LogP contribution in [0.1, 0.15) is 12.5 Å². The lowest BCUT2D eigenvalue weighted by Gasteiger charge is -2.12. The lowest BCUT2D eigenvalue weighted by Crippen LogP contribution is -2.07. The van der Waals surface area contributed by atoms with Crippen LogP contribution in [0.2, 0.25) is 10.0 Å². The Kier molecular flexibility index (Phi) is 5.04. The Morgan fingerprint density at radius 3 is 2.48 bits per heavy atom. The van der Waals surface area contributed by atoms with Crippen LogP contribution in [0.15, 0.2) is 36.4 Å². The van der Waals surface area contributed by atoms with E-state index in [4.69, 9.17) is 23.2 Å². The van der Waals surface area contributed by atoms with E-state index in [0.717, 1.165) is 0 Å². The van der Waals surface area contributed by atoms with Gasteiger partial charge in [0.15, 0.2) is 0 Å². The molecule has 1 amide bonds. The molecule has 0 saturated carbocycles. The van der Waals surface area contributed by atoms with E-state index < -0.39 is 5.82 Å². The summed E-state index contributed by atoms with van der Waals surface area (Å²) in [7, 11) is 0. The molecule has 110 valence electrons. The van der Waals surface area contributed by atoms with Crippen LogP contribution >= 0.6 is 23.2 Å². The first-order valence-corrected chi connectivity index (χ1v) is 6.97. The topological polar surface area (TPSA) is 41.1 Å². The Morgan fingerprint density at radius 2 is 1.86 bits per heavy atom. The van der Waals surface area contributed by atoms with Gasteiger partial charge in [0.2, 0.25) is 5.91 Å². The maximum atomic E-state index is 13.8. The molecule has 2 aromatic rings. The van der Waals surface area contributed by atoms with Gasteiger partial charge in [0.1, 0.15) is 5.82 Å². The molecule has 2 rings (SSSR count). The summed E-state index contributed by atoms with van der Waals surface area (Å²) in [5.41, 5.74) is 1.46. The van der Waals surface area contributed by atoms with Crippen molar-refractivity contribution < 1.29 is 9.18 Å². The molecule has 0 aliphatic heterocycles. The second-order valence-corrected chi connectivity index (χ2v) is 5.24. The highest BCUT2D eigenvalue weighted by Crippen LogP contribution is 2.26. The maximum absolute atomic E-state index is 13.8. The highest BCUT2D eigenvalue weighted by molar-refractivity contribution is 6.36. The fraction of sp³-hybridized carbons (Fsp3) is 0.133. The Morgan fingerprint density at radius 1 is 1.19 bits per heavy atom.